The first-order valence-electron chi connectivity index (χ1n) is 5.55. The maximum absolute atomic E-state index is 6.02. The lowest BCUT2D eigenvalue weighted by atomic mass is 9.79. The molecule has 0 amide bonds. The van der Waals surface area contributed by atoms with Crippen molar-refractivity contribution in [3.05, 3.63) is 0 Å². The van der Waals surface area contributed by atoms with Crippen molar-refractivity contribution in [1.82, 2.24) is 0 Å². The summed E-state index contributed by atoms with van der Waals surface area (Å²) < 4.78 is 0. The second-order valence-corrected chi connectivity index (χ2v) is 4.87. The molecule has 0 aromatic rings. The Hall–Kier alpha value is -0.530. The molecule has 2 fully saturated rings. The zero-order chi connectivity index (χ0) is 9.31. The van der Waals surface area contributed by atoms with Crippen LogP contribution in [0.2, 0.25) is 0 Å². The number of nitrogens with zero attached hydrogens (tertiary/aromatic N) is 1. The highest BCUT2D eigenvalue weighted by Crippen LogP contribution is 2.36. The number of amidine groups is 1. The fourth-order valence-corrected chi connectivity index (χ4v) is 2.42. The summed E-state index contributed by atoms with van der Waals surface area (Å²) in [5.74, 6) is 1.55. The van der Waals surface area contributed by atoms with Crippen LogP contribution in [0.5, 0.6) is 0 Å². The van der Waals surface area contributed by atoms with Crippen LogP contribution < -0.4 is 5.73 Å². The maximum atomic E-state index is 6.02. The van der Waals surface area contributed by atoms with Crippen LogP contribution >= 0.6 is 0 Å². The predicted octanol–water partition coefficient (Wildman–Crippen LogP) is 2.48. The van der Waals surface area contributed by atoms with Gasteiger partial charge in [0.25, 0.3) is 0 Å². The van der Waals surface area contributed by atoms with Crippen molar-refractivity contribution in [2.75, 3.05) is 0 Å². The van der Waals surface area contributed by atoms with Gasteiger partial charge in [-0.05, 0) is 39.0 Å². The van der Waals surface area contributed by atoms with Crippen LogP contribution in [0, 0.1) is 5.92 Å². The Balaban J connectivity index is 1.97. The van der Waals surface area contributed by atoms with Crippen molar-refractivity contribution in [3.8, 4) is 0 Å². The molecule has 2 aliphatic rings. The van der Waals surface area contributed by atoms with E-state index in [1.54, 1.807) is 0 Å². The van der Waals surface area contributed by atoms with Crippen LogP contribution in [0.3, 0.4) is 0 Å². The van der Waals surface area contributed by atoms with Gasteiger partial charge < -0.3 is 5.73 Å². The van der Waals surface area contributed by atoms with Gasteiger partial charge in [-0.3, -0.25) is 4.99 Å². The van der Waals surface area contributed by atoms with E-state index in [-0.39, 0.29) is 5.54 Å². The van der Waals surface area contributed by atoms with Gasteiger partial charge in [-0.25, -0.2) is 0 Å². The van der Waals surface area contributed by atoms with Crippen LogP contribution in [0.1, 0.15) is 51.9 Å². The van der Waals surface area contributed by atoms with E-state index in [4.69, 9.17) is 10.7 Å². The fourth-order valence-electron chi connectivity index (χ4n) is 2.42. The molecule has 0 heterocycles. The molecule has 0 radical (unpaired) electrons. The minimum atomic E-state index is 0.215. The zero-order valence-electron chi connectivity index (χ0n) is 8.55. The molecule has 2 nitrogen and oxygen atoms in total. The van der Waals surface area contributed by atoms with Crippen LogP contribution in [0.15, 0.2) is 4.99 Å². The number of aliphatic imine (C=N–C) groups is 1. The standard InChI is InChI=1S/C11H20N2/c1-11(7-4-8-11)13-10(12)9-5-2-3-6-9/h9H,2-8H2,1H3,(H2,12,13). The molecule has 2 rings (SSSR count). The highest BCUT2D eigenvalue weighted by atomic mass is 15.0. The van der Waals surface area contributed by atoms with Crippen molar-refractivity contribution in [2.45, 2.75) is 57.4 Å². The molecule has 0 saturated heterocycles. The Labute approximate surface area is 80.6 Å². The van der Waals surface area contributed by atoms with Crippen molar-refractivity contribution in [2.24, 2.45) is 16.6 Å². The van der Waals surface area contributed by atoms with E-state index in [0.717, 1.165) is 5.84 Å². The molecule has 0 unspecified atom stereocenters. The second-order valence-electron chi connectivity index (χ2n) is 4.87. The summed E-state index contributed by atoms with van der Waals surface area (Å²) in [4.78, 5) is 4.69. The fraction of sp³-hybridized carbons (Fsp3) is 0.909. The van der Waals surface area contributed by atoms with Gasteiger partial charge in [-0.1, -0.05) is 12.8 Å². The van der Waals surface area contributed by atoms with E-state index in [9.17, 15) is 0 Å². The van der Waals surface area contributed by atoms with Gasteiger partial charge >= 0.3 is 0 Å². The van der Waals surface area contributed by atoms with E-state index < -0.39 is 0 Å². The third kappa shape index (κ3) is 1.87. The van der Waals surface area contributed by atoms with Gasteiger partial charge in [0, 0.05) is 5.92 Å². The first-order valence-corrected chi connectivity index (χ1v) is 5.55. The molecule has 2 N–H and O–H groups in total. The summed E-state index contributed by atoms with van der Waals surface area (Å²) in [6.07, 6.45) is 9.03. The predicted molar refractivity (Wildman–Crippen MR) is 55.8 cm³/mol. The number of rotatable bonds is 2. The van der Waals surface area contributed by atoms with Gasteiger partial charge in [-0.2, -0.15) is 0 Å². The van der Waals surface area contributed by atoms with Crippen LogP contribution in [0.4, 0.5) is 0 Å². The Morgan fingerprint density at radius 3 is 2.31 bits per heavy atom. The molecule has 13 heavy (non-hydrogen) atoms. The van der Waals surface area contributed by atoms with E-state index in [2.05, 4.69) is 6.92 Å². The van der Waals surface area contributed by atoms with Crippen LogP contribution in [-0.2, 0) is 0 Å². The zero-order valence-corrected chi connectivity index (χ0v) is 8.55. The van der Waals surface area contributed by atoms with Crippen LogP contribution in [-0.4, -0.2) is 11.4 Å². The Bertz CT molecular complexity index is 210. The lowest BCUT2D eigenvalue weighted by molar-refractivity contribution is 0.278. The van der Waals surface area contributed by atoms with Crippen molar-refractivity contribution in [3.63, 3.8) is 0 Å². The highest BCUT2D eigenvalue weighted by Gasteiger charge is 2.32. The minimum absolute atomic E-state index is 0.215. The Morgan fingerprint density at radius 1 is 1.23 bits per heavy atom. The summed E-state index contributed by atoms with van der Waals surface area (Å²) in [5, 5.41) is 0. The van der Waals surface area contributed by atoms with Gasteiger partial charge in [0.15, 0.2) is 0 Å². The lowest BCUT2D eigenvalue weighted by Crippen LogP contribution is -2.35. The molecule has 0 spiro atoms. The highest BCUT2D eigenvalue weighted by molar-refractivity contribution is 5.83. The molecule has 2 saturated carbocycles. The molecule has 2 heteroatoms. The summed E-state index contributed by atoms with van der Waals surface area (Å²) in [5.41, 5.74) is 6.24. The molecule has 0 aromatic carbocycles. The Kier molecular flexibility index (Phi) is 2.31. The molecular weight excluding hydrogens is 160 g/mol. The molecule has 0 bridgehead atoms. The average molecular weight is 180 g/mol. The number of hydrogen-bond donors (Lipinski definition) is 1. The third-order valence-electron chi connectivity index (χ3n) is 3.60. The summed E-state index contributed by atoms with van der Waals surface area (Å²) in [7, 11) is 0. The largest absolute Gasteiger partial charge is 0.387 e. The van der Waals surface area contributed by atoms with Gasteiger partial charge in [0.2, 0.25) is 0 Å². The van der Waals surface area contributed by atoms with Crippen LogP contribution in [0.25, 0.3) is 0 Å². The minimum Gasteiger partial charge on any atom is -0.387 e. The van der Waals surface area contributed by atoms with Gasteiger partial charge in [-0.15, -0.1) is 0 Å². The average Bonchev–Trinajstić information content (AvgIpc) is 2.53. The van der Waals surface area contributed by atoms with Gasteiger partial charge in [0.1, 0.15) is 0 Å². The molecular formula is C11H20N2. The van der Waals surface area contributed by atoms with Crippen molar-refractivity contribution < 1.29 is 0 Å². The van der Waals surface area contributed by atoms with Crippen molar-refractivity contribution in [1.29, 1.82) is 0 Å². The normalized spacial score (nSPS) is 28.8. The summed E-state index contributed by atoms with van der Waals surface area (Å²) in [6, 6.07) is 0. The number of hydrogen-bond acceptors (Lipinski definition) is 1. The Morgan fingerprint density at radius 2 is 1.85 bits per heavy atom. The third-order valence-corrected chi connectivity index (χ3v) is 3.60. The van der Waals surface area contributed by atoms with E-state index in [1.165, 1.54) is 44.9 Å². The lowest BCUT2D eigenvalue weighted by Gasteiger charge is -2.35. The monoisotopic (exact) mass is 180 g/mol. The summed E-state index contributed by atoms with van der Waals surface area (Å²) >= 11 is 0. The van der Waals surface area contributed by atoms with E-state index >= 15 is 0 Å². The van der Waals surface area contributed by atoms with E-state index in [0.29, 0.717) is 5.92 Å². The SMILES string of the molecule is CC1(N=C(N)C2CCCC2)CCC1. The smallest absolute Gasteiger partial charge is 0.0975 e. The molecule has 0 atom stereocenters. The topological polar surface area (TPSA) is 38.4 Å². The first-order chi connectivity index (χ1) is 6.20. The van der Waals surface area contributed by atoms with E-state index in [1.807, 2.05) is 0 Å². The quantitative estimate of drug-likeness (QED) is 0.514. The first kappa shape index (κ1) is 9.04. The molecule has 0 aliphatic heterocycles. The maximum Gasteiger partial charge on any atom is 0.0975 e. The molecule has 2 aliphatic carbocycles. The molecule has 0 aromatic heterocycles. The second kappa shape index (κ2) is 3.32. The molecule has 74 valence electrons. The van der Waals surface area contributed by atoms with Gasteiger partial charge in [0.05, 0.1) is 11.4 Å². The summed E-state index contributed by atoms with van der Waals surface area (Å²) in [6.45, 7) is 2.23. The number of nitrogens with two attached hydrogens (primary N) is 1. The van der Waals surface area contributed by atoms with Crippen molar-refractivity contribution >= 4 is 5.84 Å².